The maximum atomic E-state index is 14.4. The van der Waals surface area contributed by atoms with Gasteiger partial charge in [-0.15, -0.1) is 0 Å². The fraction of sp³-hybridized carbons (Fsp3) is 0.417. The van der Waals surface area contributed by atoms with Crippen molar-refractivity contribution in [3.8, 4) is 11.1 Å². The van der Waals surface area contributed by atoms with Gasteiger partial charge in [-0.05, 0) is 57.6 Å². The molecule has 0 atom stereocenters. The van der Waals surface area contributed by atoms with Crippen LogP contribution in [0.5, 0.6) is 0 Å². The van der Waals surface area contributed by atoms with Gasteiger partial charge < -0.3 is 10.2 Å². The molecule has 0 aliphatic carbocycles. The van der Waals surface area contributed by atoms with E-state index in [0.29, 0.717) is 17.8 Å². The van der Waals surface area contributed by atoms with Crippen molar-refractivity contribution < 1.29 is 12.8 Å². The minimum Gasteiger partial charge on any atom is -0.371 e. The molecule has 34 heavy (non-hydrogen) atoms. The van der Waals surface area contributed by atoms with Gasteiger partial charge in [0, 0.05) is 47.9 Å². The van der Waals surface area contributed by atoms with Crippen molar-refractivity contribution in [2.45, 2.75) is 51.2 Å². The smallest absolute Gasteiger partial charge is 0.261 e. The Labute approximate surface area is 201 Å². The van der Waals surface area contributed by atoms with Crippen molar-refractivity contribution in [2.75, 3.05) is 26.1 Å². The molecule has 0 saturated heterocycles. The molecule has 10 heteroatoms. The lowest BCUT2D eigenvalue weighted by atomic mass is 9.94. The molecule has 0 bridgehead atoms. The highest BCUT2D eigenvalue weighted by molar-refractivity contribution is 7.89. The molecule has 0 aliphatic heterocycles. The highest BCUT2D eigenvalue weighted by atomic mass is 32.2. The van der Waals surface area contributed by atoms with Crippen molar-refractivity contribution in [2.24, 2.45) is 0 Å². The molecular weight excluding hydrogens is 455 g/mol. The molecule has 8 nitrogen and oxygen atoms in total. The van der Waals surface area contributed by atoms with Gasteiger partial charge in [0.25, 0.3) is 10.0 Å². The van der Waals surface area contributed by atoms with Crippen LogP contribution in [-0.4, -0.2) is 48.8 Å². The number of benzene rings is 1. The van der Waals surface area contributed by atoms with E-state index < -0.39 is 10.0 Å². The molecule has 0 unspecified atom stereocenters. The van der Waals surface area contributed by atoms with Crippen LogP contribution >= 0.6 is 0 Å². The second kappa shape index (κ2) is 10.6. The highest BCUT2D eigenvalue weighted by Gasteiger charge is 2.22. The molecule has 2 N–H and O–H groups in total. The minimum atomic E-state index is -3.87. The average molecular weight is 489 g/mol. The Balaban J connectivity index is 1.88. The van der Waals surface area contributed by atoms with E-state index in [0.717, 1.165) is 16.8 Å². The Morgan fingerprint density at radius 3 is 2.47 bits per heavy atom. The van der Waals surface area contributed by atoms with Crippen molar-refractivity contribution >= 4 is 15.7 Å². The van der Waals surface area contributed by atoms with E-state index in [1.807, 2.05) is 52.8 Å². The summed E-state index contributed by atoms with van der Waals surface area (Å²) in [5.74, 6) is -0.345. The van der Waals surface area contributed by atoms with E-state index in [1.165, 1.54) is 12.1 Å². The van der Waals surface area contributed by atoms with Crippen LogP contribution in [0.25, 0.3) is 11.1 Å². The van der Waals surface area contributed by atoms with E-state index in [4.69, 9.17) is 0 Å². The number of nitrogens with one attached hydrogen (secondary N) is 2. The molecule has 2 heterocycles. The molecule has 184 valence electrons. The summed E-state index contributed by atoms with van der Waals surface area (Å²) in [6.07, 6.45) is 3.30. The zero-order valence-electron chi connectivity index (χ0n) is 20.5. The van der Waals surface area contributed by atoms with E-state index in [2.05, 4.69) is 20.1 Å². The van der Waals surface area contributed by atoms with Crippen LogP contribution < -0.4 is 10.0 Å². The fourth-order valence-corrected chi connectivity index (χ4v) is 4.65. The SMILES string of the molecule is CC(C)c1cc(F)cc(-c2cccnc2)c1NCNS(=O)(=O)c1cc(CN(C)C)n(C(C)C)n1. The monoisotopic (exact) mass is 488 g/mol. The summed E-state index contributed by atoms with van der Waals surface area (Å²) in [6, 6.07) is 8.13. The first kappa shape index (κ1) is 25.8. The molecule has 3 rings (SSSR count). The quantitative estimate of drug-likeness (QED) is 0.416. The average Bonchev–Trinajstić information content (AvgIpc) is 3.19. The Hall–Kier alpha value is -2.82. The second-order valence-corrected chi connectivity index (χ2v) is 10.8. The number of anilines is 1. The van der Waals surface area contributed by atoms with E-state index >= 15 is 0 Å². The predicted molar refractivity (Wildman–Crippen MR) is 133 cm³/mol. The van der Waals surface area contributed by atoms with Gasteiger partial charge in [0.05, 0.1) is 12.4 Å². The number of rotatable bonds is 10. The molecule has 0 radical (unpaired) electrons. The number of pyridine rings is 1. The fourth-order valence-electron chi connectivity index (χ4n) is 3.75. The Morgan fingerprint density at radius 1 is 1.15 bits per heavy atom. The first-order valence-corrected chi connectivity index (χ1v) is 12.7. The lowest BCUT2D eigenvalue weighted by Crippen LogP contribution is -2.30. The van der Waals surface area contributed by atoms with Crippen LogP contribution in [0.3, 0.4) is 0 Å². The molecular formula is C24H33FN6O2S. The van der Waals surface area contributed by atoms with E-state index in [1.54, 1.807) is 29.2 Å². The minimum absolute atomic E-state index is 0.0144. The summed E-state index contributed by atoms with van der Waals surface area (Å²) in [5.41, 5.74) is 3.57. The largest absolute Gasteiger partial charge is 0.371 e. The maximum absolute atomic E-state index is 14.4. The van der Waals surface area contributed by atoms with Gasteiger partial charge in [0.2, 0.25) is 0 Å². The van der Waals surface area contributed by atoms with Crippen molar-refractivity contribution in [1.82, 2.24) is 24.4 Å². The molecule has 3 aromatic rings. The third-order valence-corrected chi connectivity index (χ3v) is 6.56. The standard InChI is InChI=1S/C24H33FN6O2S/c1-16(2)21-10-19(25)11-22(18-8-7-9-26-13-18)24(21)27-15-28-34(32,33)23-12-20(14-30(5)6)31(29-23)17(3)4/h7-13,16-17,27-28H,14-15H2,1-6H3. The summed E-state index contributed by atoms with van der Waals surface area (Å²) in [4.78, 5) is 6.10. The summed E-state index contributed by atoms with van der Waals surface area (Å²) in [7, 11) is -0.0305. The van der Waals surface area contributed by atoms with E-state index in [-0.39, 0.29) is 29.5 Å². The predicted octanol–water partition coefficient (Wildman–Crippen LogP) is 4.20. The molecule has 0 saturated carbocycles. The molecule has 0 spiro atoms. The van der Waals surface area contributed by atoms with Gasteiger partial charge in [-0.3, -0.25) is 9.67 Å². The number of hydrogen-bond acceptors (Lipinski definition) is 6. The lowest BCUT2D eigenvalue weighted by molar-refractivity contribution is 0.372. The van der Waals surface area contributed by atoms with Crippen LogP contribution in [0.2, 0.25) is 0 Å². The highest BCUT2D eigenvalue weighted by Crippen LogP contribution is 2.35. The number of sulfonamides is 1. The normalized spacial score (nSPS) is 12.2. The van der Waals surface area contributed by atoms with Gasteiger partial charge >= 0.3 is 0 Å². The Morgan fingerprint density at radius 2 is 1.88 bits per heavy atom. The van der Waals surface area contributed by atoms with Crippen LogP contribution in [0.4, 0.5) is 10.1 Å². The van der Waals surface area contributed by atoms with Gasteiger partial charge in [-0.1, -0.05) is 19.9 Å². The van der Waals surface area contributed by atoms with Crippen LogP contribution in [0, 0.1) is 5.82 Å². The topological polar surface area (TPSA) is 92.1 Å². The maximum Gasteiger partial charge on any atom is 0.261 e. The zero-order valence-corrected chi connectivity index (χ0v) is 21.3. The first-order chi connectivity index (χ1) is 16.0. The van der Waals surface area contributed by atoms with Gasteiger partial charge in [-0.25, -0.2) is 12.8 Å². The van der Waals surface area contributed by atoms with Crippen LogP contribution in [0.1, 0.15) is 50.9 Å². The van der Waals surface area contributed by atoms with Gasteiger partial charge in [-0.2, -0.15) is 9.82 Å². The van der Waals surface area contributed by atoms with E-state index in [9.17, 15) is 12.8 Å². The molecule has 0 aliphatic rings. The molecule has 0 fully saturated rings. The number of aromatic nitrogens is 3. The third kappa shape index (κ3) is 5.99. The number of halogens is 1. The molecule has 1 aromatic carbocycles. The molecule has 0 amide bonds. The number of nitrogens with zero attached hydrogens (tertiary/aromatic N) is 4. The van der Waals surface area contributed by atoms with Crippen molar-refractivity contribution in [3.63, 3.8) is 0 Å². The van der Waals surface area contributed by atoms with Crippen LogP contribution in [0.15, 0.2) is 47.8 Å². The van der Waals surface area contributed by atoms with Crippen molar-refractivity contribution in [1.29, 1.82) is 0 Å². The summed E-state index contributed by atoms with van der Waals surface area (Å²) < 4.78 is 44.7. The second-order valence-electron chi connectivity index (χ2n) is 9.07. The summed E-state index contributed by atoms with van der Waals surface area (Å²) in [5, 5.41) is 7.47. The Bertz CT molecular complexity index is 1220. The van der Waals surface area contributed by atoms with Crippen molar-refractivity contribution in [3.05, 3.63) is 59.8 Å². The molecule has 2 aromatic heterocycles. The lowest BCUT2D eigenvalue weighted by Gasteiger charge is -2.19. The van der Waals surface area contributed by atoms with Gasteiger partial charge in [0.15, 0.2) is 5.03 Å². The van der Waals surface area contributed by atoms with Crippen LogP contribution in [-0.2, 0) is 16.6 Å². The van der Waals surface area contributed by atoms with Gasteiger partial charge in [0.1, 0.15) is 5.82 Å². The number of hydrogen-bond donors (Lipinski definition) is 2. The summed E-state index contributed by atoms with van der Waals surface area (Å²) in [6.45, 7) is 8.32. The zero-order chi connectivity index (χ0) is 25.0. The first-order valence-electron chi connectivity index (χ1n) is 11.2. The Kier molecular flexibility index (Phi) is 8.06. The third-order valence-electron chi connectivity index (χ3n) is 5.29. The summed E-state index contributed by atoms with van der Waals surface area (Å²) >= 11 is 0.